The smallest absolute Gasteiger partial charge is 0.191 e. The fourth-order valence-electron chi connectivity index (χ4n) is 2.45. The summed E-state index contributed by atoms with van der Waals surface area (Å²) in [6.07, 6.45) is 3.81. The van der Waals surface area contributed by atoms with E-state index in [9.17, 15) is 0 Å². The van der Waals surface area contributed by atoms with Crippen LogP contribution in [0, 0.1) is 5.92 Å². The molecule has 4 nitrogen and oxygen atoms in total. The highest BCUT2D eigenvalue weighted by Gasteiger charge is 2.29. The van der Waals surface area contributed by atoms with Crippen LogP contribution in [-0.2, 0) is 4.74 Å². The van der Waals surface area contributed by atoms with Gasteiger partial charge in [-0.05, 0) is 31.9 Å². The molecule has 0 radical (unpaired) electrons. The minimum Gasteiger partial charge on any atom is -0.381 e. The summed E-state index contributed by atoms with van der Waals surface area (Å²) < 4.78 is 5.76. The molecule has 0 aliphatic carbocycles. The Morgan fingerprint density at radius 2 is 2.32 bits per heavy atom. The number of thioether (sulfide) groups is 1. The van der Waals surface area contributed by atoms with Crippen molar-refractivity contribution in [1.29, 1.82) is 0 Å². The summed E-state index contributed by atoms with van der Waals surface area (Å²) in [7, 11) is 1.84. The molecule has 2 aliphatic rings. The summed E-state index contributed by atoms with van der Waals surface area (Å²) in [5.41, 5.74) is 0. The maximum atomic E-state index is 5.38. The first-order valence-corrected chi connectivity index (χ1v) is 7.87. The summed E-state index contributed by atoms with van der Waals surface area (Å²) >= 11 is 2.08. The van der Waals surface area contributed by atoms with Gasteiger partial charge in [0.05, 0.1) is 6.61 Å². The Kier molecular flexibility index (Phi) is 7.83. The molecular formula is C13H26IN3OS. The van der Waals surface area contributed by atoms with E-state index in [0.717, 1.165) is 38.7 Å². The highest BCUT2D eigenvalue weighted by atomic mass is 127. The van der Waals surface area contributed by atoms with E-state index in [4.69, 9.17) is 4.74 Å². The molecule has 0 spiro atoms. The first kappa shape index (κ1) is 17.4. The maximum absolute atomic E-state index is 5.38. The standard InChI is InChI=1S/C13H25N3OS.HI/c1-13(5-3-7-18-13)10-16-12(14-2)15-8-11-4-6-17-9-11;/h11H,3-10H2,1-2H3,(H2,14,15,16);1H. The second-order valence-corrected chi connectivity index (χ2v) is 7.12. The van der Waals surface area contributed by atoms with Crippen LogP contribution in [0.15, 0.2) is 4.99 Å². The Morgan fingerprint density at radius 1 is 1.47 bits per heavy atom. The Hall–Kier alpha value is 0.310. The summed E-state index contributed by atoms with van der Waals surface area (Å²) in [6, 6.07) is 0. The van der Waals surface area contributed by atoms with E-state index in [2.05, 4.69) is 34.3 Å². The monoisotopic (exact) mass is 399 g/mol. The molecule has 6 heteroatoms. The average molecular weight is 399 g/mol. The largest absolute Gasteiger partial charge is 0.381 e. The molecule has 112 valence electrons. The van der Waals surface area contributed by atoms with E-state index < -0.39 is 0 Å². The van der Waals surface area contributed by atoms with Gasteiger partial charge in [-0.2, -0.15) is 11.8 Å². The van der Waals surface area contributed by atoms with Gasteiger partial charge in [-0.15, -0.1) is 24.0 Å². The van der Waals surface area contributed by atoms with Gasteiger partial charge in [-0.3, -0.25) is 4.99 Å². The van der Waals surface area contributed by atoms with Crippen LogP contribution < -0.4 is 10.6 Å². The molecule has 0 aromatic carbocycles. The van der Waals surface area contributed by atoms with Crippen molar-refractivity contribution >= 4 is 41.7 Å². The molecule has 2 atom stereocenters. The summed E-state index contributed by atoms with van der Waals surface area (Å²) in [6.45, 7) is 6.10. The lowest BCUT2D eigenvalue weighted by atomic mass is 10.1. The molecule has 0 bridgehead atoms. The van der Waals surface area contributed by atoms with Crippen molar-refractivity contribution in [2.75, 3.05) is 39.1 Å². The number of ether oxygens (including phenoxy) is 1. The second kappa shape index (κ2) is 8.56. The zero-order valence-electron chi connectivity index (χ0n) is 11.9. The van der Waals surface area contributed by atoms with Crippen LogP contribution in [0.25, 0.3) is 0 Å². The van der Waals surface area contributed by atoms with Crippen molar-refractivity contribution in [1.82, 2.24) is 10.6 Å². The number of nitrogens with one attached hydrogen (secondary N) is 2. The van der Waals surface area contributed by atoms with Crippen LogP contribution in [0.4, 0.5) is 0 Å². The molecule has 0 aromatic heterocycles. The molecule has 2 N–H and O–H groups in total. The number of aliphatic imine (C=N–C) groups is 1. The first-order valence-electron chi connectivity index (χ1n) is 6.88. The number of hydrogen-bond donors (Lipinski definition) is 2. The first-order chi connectivity index (χ1) is 8.72. The van der Waals surface area contributed by atoms with Crippen LogP contribution in [0.2, 0.25) is 0 Å². The zero-order chi connectivity index (χ0) is 12.8. The molecule has 2 fully saturated rings. The van der Waals surface area contributed by atoms with Gasteiger partial charge in [-0.1, -0.05) is 0 Å². The van der Waals surface area contributed by atoms with Crippen molar-refractivity contribution in [2.45, 2.75) is 30.9 Å². The Labute approximate surface area is 137 Å². The molecule has 0 amide bonds. The van der Waals surface area contributed by atoms with Crippen molar-refractivity contribution in [3.63, 3.8) is 0 Å². The van der Waals surface area contributed by atoms with E-state index in [0.29, 0.717) is 10.7 Å². The van der Waals surface area contributed by atoms with Gasteiger partial charge in [0.25, 0.3) is 0 Å². The fourth-order valence-corrected chi connectivity index (χ4v) is 3.70. The minimum atomic E-state index is 0. The van der Waals surface area contributed by atoms with Crippen LogP contribution in [0.3, 0.4) is 0 Å². The van der Waals surface area contributed by atoms with Crippen molar-refractivity contribution < 1.29 is 4.74 Å². The quantitative estimate of drug-likeness (QED) is 0.432. The Morgan fingerprint density at radius 3 is 2.89 bits per heavy atom. The molecule has 0 aromatic rings. The lowest BCUT2D eigenvalue weighted by molar-refractivity contribution is 0.186. The van der Waals surface area contributed by atoms with Gasteiger partial charge in [0.2, 0.25) is 0 Å². The average Bonchev–Trinajstić information content (AvgIpc) is 3.01. The van der Waals surface area contributed by atoms with Gasteiger partial charge in [0.1, 0.15) is 0 Å². The molecular weight excluding hydrogens is 373 g/mol. The Bertz CT molecular complexity index is 290. The molecule has 2 aliphatic heterocycles. The third-order valence-electron chi connectivity index (χ3n) is 3.74. The van der Waals surface area contributed by atoms with Crippen LogP contribution >= 0.6 is 35.7 Å². The number of rotatable bonds is 4. The van der Waals surface area contributed by atoms with Crippen LogP contribution in [-0.4, -0.2) is 49.8 Å². The molecule has 2 heterocycles. The van der Waals surface area contributed by atoms with Crippen LogP contribution in [0.5, 0.6) is 0 Å². The van der Waals surface area contributed by atoms with Crippen molar-refractivity contribution in [3.8, 4) is 0 Å². The van der Waals surface area contributed by atoms with Gasteiger partial charge >= 0.3 is 0 Å². The fraction of sp³-hybridized carbons (Fsp3) is 0.923. The van der Waals surface area contributed by atoms with Gasteiger partial charge in [0, 0.05) is 37.4 Å². The number of halogens is 1. The maximum Gasteiger partial charge on any atom is 0.191 e. The van der Waals surface area contributed by atoms with E-state index in [1.807, 2.05) is 7.05 Å². The van der Waals surface area contributed by atoms with E-state index >= 15 is 0 Å². The summed E-state index contributed by atoms with van der Waals surface area (Å²) in [5, 5.41) is 6.86. The van der Waals surface area contributed by atoms with Crippen LogP contribution in [0.1, 0.15) is 26.2 Å². The number of guanidine groups is 1. The number of hydrogen-bond acceptors (Lipinski definition) is 3. The molecule has 19 heavy (non-hydrogen) atoms. The van der Waals surface area contributed by atoms with Crippen molar-refractivity contribution in [2.24, 2.45) is 10.9 Å². The van der Waals surface area contributed by atoms with Gasteiger partial charge in [-0.25, -0.2) is 0 Å². The molecule has 2 unspecified atom stereocenters. The normalized spacial score (nSPS) is 31.1. The number of nitrogens with zero attached hydrogens (tertiary/aromatic N) is 1. The minimum absolute atomic E-state index is 0. The second-order valence-electron chi connectivity index (χ2n) is 5.44. The highest BCUT2D eigenvalue weighted by molar-refractivity contribution is 14.0. The lowest BCUT2D eigenvalue weighted by Gasteiger charge is -2.24. The topological polar surface area (TPSA) is 45.7 Å². The summed E-state index contributed by atoms with van der Waals surface area (Å²) in [5.74, 6) is 2.86. The molecule has 2 rings (SSSR count). The highest BCUT2D eigenvalue weighted by Crippen LogP contribution is 2.36. The van der Waals surface area contributed by atoms with E-state index in [1.165, 1.54) is 18.6 Å². The zero-order valence-corrected chi connectivity index (χ0v) is 15.1. The predicted octanol–water partition coefficient (Wildman–Crippen LogP) is 2.09. The SMILES string of the molecule is CN=C(NCC1CCOC1)NCC1(C)CCCS1.I. The third-order valence-corrected chi connectivity index (χ3v) is 5.27. The Balaban J connectivity index is 0.00000180. The molecule has 2 saturated heterocycles. The van der Waals surface area contributed by atoms with Gasteiger partial charge < -0.3 is 15.4 Å². The van der Waals surface area contributed by atoms with Gasteiger partial charge in [0.15, 0.2) is 5.96 Å². The predicted molar refractivity (Wildman–Crippen MR) is 93.8 cm³/mol. The van der Waals surface area contributed by atoms with Crippen molar-refractivity contribution in [3.05, 3.63) is 0 Å². The molecule has 0 saturated carbocycles. The van der Waals surface area contributed by atoms with E-state index in [1.54, 1.807) is 0 Å². The lowest BCUT2D eigenvalue weighted by Crippen LogP contribution is -2.45. The van der Waals surface area contributed by atoms with E-state index in [-0.39, 0.29) is 24.0 Å². The summed E-state index contributed by atoms with van der Waals surface area (Å²) in [4.78, 5) is 4.29. The third kappa shape index (κ3) is 5.67.